The van der Waals surface area contributed by atoms with Gasteiger partial charge in [0.1, 0.15) is 11.3 Å². The third-order valence-corrected chi connectivity index (χ3v) is 7.04. The van der Waals surface area contributed by atoms with Crippen molar-refractivity contribution in [2.75, 3.05) is 50.0 Å². The number of amides is 1. The molecule has 0 saturated carbocycles. The van der Waals surface area contributed by atoms with Gasteiger partial charge in [-0.1, -0.05) is 29.5 Å². The Labute approximate surface area is 188 Å². The van der Waals surface area contributed by atoms with Gasteiger partial charge in [-0.2, -0.15) is 0 Å². The highest BCUT2D eigenvalue weighted by atomic mass is 32.2. The van der Waals surface area contributed by atoms with Crippen LogP contribution in [0.15, 0.2) is 47.4 Å². The van der Waals surface area contributed by atoms with Crippen LogP contribution in [0.3, 0.4) is 0 Å². The summed E-state index contributed by atoms with van der Waals surface area (Å²) in [6.07, 6.45) is 0.329. The molecule has 31 heavy (non-hydrogen) atoms. The maximum Gasteiger partial charge on any atom is 0.229 e. The Balaban J connectivity index is 1.49. The van der Waals surface area contributed by atoms with Gasteiger partial charge in [-0.05, 0) is 18.2 Å². The van der Waals surface area contributed by atoms with Crippen molar-refractivity contribution in [3.8, 4) is 0 Å². The molecule has 1 aromatic heterocycles. The summed E-state index contributed by atoms with van der Waals surface area (Å²) >= 11 is 2.76. The number of halogens is 2. The van der Waals surface area contributed by atoms with Crippen LogP contribution in [0.25, 0.3) is 10.2 Å². The lowest BCUT2D eigenvalue weighted by atomic mass is 10.3. The predicted molar refractivity (Wildman–Crippen MR) is 121 cm³/mol. The van der Waals surface area contributed by atoms with Gasteiger partial charge in [0.05, 0.1) is 17.9 Å². The van der Waals surface area contributed by atoms with Crippen LogP contribution in [-0.4, -0.2) is 60.9 Å². The smallest absolute Gasteiger partial charge is 0.229 e. The summed E-state index contributed by atoms with van der Waals surface area (Å²) in [5, 5.41) is 0.405. The van der Waals surface area contributed by atoms with Gasteiger partial charge in [-0.25, -0.2) is 13.8 Å². The van der Waals surface area contributed by atoms with Crippen LogP contribution in [0.2, 0.25) is 0 Å². The van der Waals surface area contributed by atoms with Crippen molar-refractivity contribution in [3.63, 3.8) is 0 Å². The van der Waals surface area contributed by atoms with Gasteiger partial charge in [-0.3, -0.25) is 14.6 Å². The van der Waals surface area contributed by atoms with E-state index in [2.05, 4.69) is 9.88 Å². The fourth-order valence-corrected chi connectivity index (χ4v) is 5.27. The Kier molecular flexibility index (Phi) is 7.49. The van der Waals surface area contributed by atoms with Crippen molar-refractivity contribution in [2.45, 2.75) is 11.3 Å². The fraction of sp³-hybridized carbons (Fsp3) is 0.364. The summed E-state index contributed by atoms with van der Waals surface area (Å²) in [5.41, 5.74) is 0.101. The quantitative estimate of drug-likeness (QED) is 0.463. The summed E-state index contributed by atoms with van der Waals surface area (Å²) in [7, 11) is 0. The number of hydrogen-bond acceptors (Lipinski definition) is 6. The highest BCUT2D eigenvalue weighted by Gasteiger charge is 2.22. The minimum Gasteiger partial charge on any atom is -0.379 e. The van der Waals surface area contributed by atoms with Gasteiger partial charge in [-0.15, -0.1) is 11.8 Å². The number of fused-ring (bicyclic) bond motifs is 1. The summed E-state index contributed by atoms with van der Waals surface area (Å²) in [6, 6.07) is 12.0. The molecule has 0 unspecified atom stereocenters. The molecule has 0 radical (unpaired) electrons. The van der Waals surface area contributed by atoms with Gasteiger partial charge in [0.15, 0.2) is 10.9 Å². The first-order valence-corrected chi connectivity index (χ1v) is 11.9. The molecule has 1 amide bonds. The predicted octanol–water partition coefficient (Wildman–Crippen LogP) is 4.42. The molecule has 0 spiro atoms. The van der Waals surface area contributed by atoms with Crippen molar-refractivity contribution >= 4 is 44.4 Å². The second-order valence-electron chi connectivity index (χ2n) is 7.14. The summed E-state index contributed by atoms with van der Waals surface area (Å²) < 4.78 is 33.6. The number of anilines is 1. The van der Waals surface area contributed by atoms with Crippen LogP contribution in [-0.2, 0) is 9.53 Å². The second-order valence-corrected chi connectivity index (χ2v) is 9.32. The zero-order valence-electron chi connectivity index (χ0n) is 16.9. The third kappa shape index (κ3) is 5.79. The van der Waals surface area contributed by atoms with Gasteiger partial charge < -0.3 is 4.74 Å². The lowest BCUT2D eigenvalue weighted by Gasteiger charge is -2.29. The zero-order chi connectivity index (χ0) is 21.6. The highest BCUT2D eigenvalue weighted by molar-refractivity contribution is 7.99. The first-order chi connectivity index (χ1) is 15.1. The number of thiazole rings is 1. The highest BCUT2D eigenvalue weighted by Crippen LogP contribution is 2.32. The molecular weight excluding hydrogens is 440 g/mol. The number of carbonyl (C=O) groups excluding carboxylic acids is 1. The molecule has 4 rings (SSSR count). The minimum absolute atomic E-state index is 0.0726. The molecule has 0 N–H and O–H groups in total. The van der Waals surface area contributed by atoms with Crippen LogP contribution in [0.5, 0.6) is 0 Å². The van der Waals surface area contributed by atoms with Crippen molar-refractivity contribution in [1.29, 1.82) is 0 Å². The molecule has 5 nitrogen and oxygen atoms in total. The Morgan fingerprint density at radius 2 is 1.97 bits per heavy atom. The minimum atomic E-state index is -0.710. The number of aromatic nitrogens is 1. The van der Waals surface area contributed by atoms with E-state index in [1.165, 1.54) is 6.07 Å². The van der Waals surface area contributed by atoms with E-state index in [0.717, 1.165) is 35.4 Å². The third-order valence-electron chi connectivity index (χ3n) is 5.01. The van der Waals surface area contributed by atoms with Crippen molar-refractivity contribution in [1.82, 2.24) is 9.88 Å². The standard InChI is InChI=1S/C22H23F2N3O2S2/c23-16-14-18(24)21-19(15-16)31-22(25-21)27(8-7-26-9-11-29-12-10-26)20(28)6-13-30-17-4-2-1-3-5-17/h1-5,14-15H,6-13H2. The average molecular weight is 464 g/mol. The van der Waals surface area contributed by atoms with E-state index in [9.17, 15) is 13.6 Å². The van der Waals surface area contributed by atoms with Gasteiger partial charge in [0.25, 0.3) is 0 Å². The molecule has 0 bridgehead atoms. The number of rotatable bonds is 8. The number of thioether (sulfide) groups is 1. The van der Waals surface area contributed by atoms with Crippen molar-refractivity contribution in [2.24, 2.45) is 0 Å². The maximum absolute atomic E-state index is 14.2. The van der Waals surface area contributed by atoms with E-state index in [-0.39, 0.29) is 11.4 Å². The van der Waals surface area contributed by atoms with Crippen LogP contribution in [0, 0.1) is 11.6 Å². The van der Waals surface area contributed by atoms with Crippen LogP contribution < -0.4 is 4.90 Å². The number of ether oxygens (including phenoxy) is 1. The molecule has 0 aliphatic carbocycles. The van der Waals surface area contributed by atoms with Crippen LogP contribution >= 0.6 is 23.1 Å². The molecule has 2 heterocycles. The maximum atomic E-state index is 14.2. The van der Waals surface area contributed by atoms with E-state index < -0.39 is 11.6 Å². The fourth-order valence-electron chi connectivity index (χ4n) is 3.36. The normalized spacial score (nSPS) is 14.8. The number of carbonyl (C=O) groups is 1. The molecule has 1 aliphatic heterocycles. The molecule has 1 fully saturated rings. The van der Waals surface area contributed by atoms with Gasteiger partial charge >= 0.3 is 0 Å². The molecular formula is C22H23F2N3O2S2. The number of hydrogen-bond donors (Lipinski definition) is 0. The molecule has 2 aromatic carbocycles. The largest absolute Gasteiger partial charge is 0.379 e. The second kappa shape index (κ2) is 10.5. The monoisotopic (exact) mass is 463 g/mol. The number of nitrogens with zero attached hydrogens (tertiary/aromatic N) is 3. The Morgan fingerprint density at radius 1 is 1.19 bits per heavy atom. The summed E-state index contributed by atoms with van der Waals surface area (Å²) in [5.74, 6) is -0.801. The first kappa shape index (κ1) is 22.1. The van der Waals surface area contributed by atoms with Crippen LogP contribution in [0.4, 0.5) is 13.9 Å². The van der Waals surface area contributed by atoms with Gasteiger partial charge in [0.2, 0.25) is 5.91 Å². The lowest BCUT2D eigenvalue weighted by molar-refractivity contribution is -0.118. The van der Waals surface area contributed by atoms with Gasteiger partial charge in [0, 0.05) is 49.3 Å². The molecule has 3 aromatic rings. The van der Waals surface area contributed by atoms with E-state index in [1.807, 2.05) is 30.3 Å². The molecule has 1 saturated heterocycles. The molecule has 0 atom stereocenters. The van der Waals surface area contributed by atoms with E-state index in [1.54, 1.807) is 16.7 Å². The van der Waals surface area contributed by atoms with E-state index in [4.69, 9.17) is 4.74 Å². The van der Waals surface area contributed by atoms with E-state index in [0.29, 0.717) is 48.3 Å². The summed E-state index contributed by atoms with van der Waals surface area (Å²) in [6.45, 7) is 4.09. The average Bonchev–Trinajstić information content (AvgIpc) is 3.19. The number of benzene rings is 2. The molecule has 1 aliphatic rings. The number of morpholine rings is 1. The molecule has 9 heteroatoms. The summed E-state index contributed by atoms with van der Waals surface area (Å²) in [4.78, 5) is 22.4. The Morgan fingerprint density at radius 3 is 2.74 bits per heavy atom. The molecule has 164 valence electrons. The van der Waals surface area contributed by atoms with Crippen molar-refractivity contribution in [3.05, 3.63) is 54.1 Å². The topological polar surface area (TPSA) is 45.7 Å². The lowest BCUT2D eigenvalue weighted by Crippen LogP contribution is -2.43. The Bertz CT molecular complexity index is 1030. The Hall–Kier alpha value is -2.07. The first-order valence-electron chi connectivity index (χ1n) is 10.1. The van der Waals surface area contributed by atoms with E-state index >= 15 is 0 Å². The van der Waals surface area contributed by atoms with Crippen molar-refractivity contribution < 1.29 is 18.3 Å². The zero-order valence-corrected chi connectivity index (χ0v) is 18.6. The SMILES string of the molecule is O=C(CCSc1ccccc1)N(CCN1CCOCC1)c1nc2c(F)cc(F)cc2s1. The van der Waals surface area contributed by atoms with Crippen LogP contribution in [0.1, 0.15) is 6.42 Å².